The van der Waals surface area contributed by atoms with Crippen molar-refractivity contribution < 1.29 is 0 Å². The molecule has 0 saturated heterocycles. The van der Waals surface area contributed by atoms with Gasteiger partial charge in [-0.3, -0.25) is 0 Å². The van der Waals surface area contributed by atoms with Crippen LogP contribution in [-0.4, -0.2) is 20.6 Å². The zero-order valence-electron chi connectivity index (χ0n) is 4.31. The molecule has 0 amide bonds. The molecule has 0 unspecified atom stereocenters. The number of H-pyrrole nitrogens is 1. The van der Waals surface area contributed by atoms with Crippen LogP contribution in [0.15, 0.2) is 0 Å². The summed E-state index contributed by atoms with van der Waals surface area (Å²) in [5.74, 6) is 0.245. The Morgan fingerprint density at radius 2 is 2.33 bits per heavy atom. The molecule has 0 fully saturated rings. The van der Waals surface area contributed by atoms with E-state index in [0.717, 1.165) is 0 Å². The summed E-state index contributed by atoms with van der Waals surface area (Å²) < 4.78 is 0. The Morgan fingerprint density at radius 1 is 1.78 bits per heavy atom. The maximum atomic E-state index is 6.86. The summed E-state index contributed by atoms with van der Waals surface area (Å²) in [6.45, 7) is 0. The third-order valence-electron chi connectivity index (χ3n) is 0.362. The second kappa shape index (κ2) is 4.34. The van der Waals surface area contributed by atoms with Gasteiger partial charge in [-0.1, -0.05) is 5.10 Å². The van der Waals surface area contributed by atoms with Gasteiger partial charge in [0.25, 0.3) is 0 Å². The van der Waals surface area contributed by atoms with Crippen molar-refractivity contribution in [3.05, 3.63) is 10.4 Å². The molecule has 0 aliphatic carbocycles. The lowest BCUT2D eigenvalue weighted by Gasteiger charge is -1.65. The van der Waals surface area contributed by atoms with E-state index >= 15 is 0 Å². The molecule has 0 bridgehead atoms. The minimum Gasteiger partial charge on any atom is -0.367 e. The topological polar surface area (TPSA) is 141 Å². The number of nitrogens with zero attached hydrogens (tertiary/aromatic N) is 5. The van der Waals surface area contributed by atoms with Gasteiger partial charge in [0.2, 0.25) is 5.95 Å². The molecule has 9 heavy (non-hydrogen) atoms. The number of nitrogens with one attached hydrogen (secondary N) is 2. The van der Waals surface area contributed by atoms with Crippen molar-refractivity contribution in [2.24, 2.45) is 0 Å². The van der Waals surface area contributed by atoms with Crippen LogP contribution in [0.5, 0.6) is 0 Å². The molecule has 8 heteroatoms. The van der Waals surface area contributed by atoms with Crippen molar-refractivity contribution in [3.8, 4) is 0 Å². The Labute approximate surface area is 49.5 Å². The number of rotatable bonds is 0. The second-order valence-electron chi connectivity index (χ2n) is 0.886. The Morgan fingerprint density at radius 3 is 2.44 bits per heavy atom. The fraction of sp³-hybridized carbons (Fsp3) is 0. The van der Waals surface area contributed by atoms with E-state index in [1.165, 1.54) is 0 Å². The predicted molar refractivity (Wildman–Crippen MR) is 28.0 cm³/mol. The van der Waals surface area contributed by atoms with Crippen molar-refractivity contribution in [1.82, 2.24) is 20.6 Å². The molecule has 0 aromatic carbocycles. The van der Waals surface area contributed by atoms with Crippen LogP contribution >= 0.6 is 0 Å². The predicted octanol–water partition coefficient (Wildman–Crippen LogP) is -0.343. The van der Waals surface area contributed by atoms with Gasteiger partial charge in [-0.2, -0.15) is 0 Å². The molecule has 1 aromatic heterocycles. The van der Waals surface area contributed by atoms with Crippen molar-refractivity contribution in [1.29, 1.82) is 5.53 Å². The van der Waals surface area contributed by atoms with Crippen LogP contribution in [-0.2, 0) is 0 Å². The van der Waals surface area contributed by atoms with Gasteiger partial charge in [0.05, 0.1) is 0 Å². The first kappa shape index (κ1) is 7.18. The van der Waals surface area contributed by atoms with E-state index in [2.05, 4.69) is 20.6 Å². The van der Waals surface area contributed by atoms with Crippen molar-refractivity contribution in [2.45, 2.75) is 0 Å². The normalized spacial score (nSPS) is 6.67. The molecule has 0 radical (unpaired) electrons. The van der Waals surface area contributed by atoms with Gasteiger partial charge in [0.1, 0.15) is 0 Å². The number of aromatic amines is 1. The summed E-state index contributed by atoms with van der Waals surface area (Å²) in [4.78, 5) is 1.75. The lowest BCUT2D eigenvalue weighted by molar-refractivity contribution is 0.881. The minimum absolute atomic E-state index is 0.245. The molecule has 1 heterocycles. The highest BCUT2D eigenvalue weighted by Crippen LogP contribution is 1.72. The van der Waals surface area contributed by atoms with E-state index in [1.807, 2.05) is 0 Å². The standard InChI is InChI=1S/CH3N5.HN3/c2-1-3-5-6-4-1;1-3-2/h(H3,2,3,4,5,6);1H. The summed E-state index contributed by atoms with van der Waals surface area (Å²) in [6.07, 6.45) is 0. The molecule has 0 saturated carbocycles. The molecular weight excluding hydrogens is 124 g/mol. The van der Waals surface area contributed by atoms with Gasteiger partial charge in [-0.05, 0) is 20.9 Å². The molecule has 0 aliphatic heterocycles. The fourth-order valence-electron chi connectivity index (χ4n) is 0.166. The Hall–Kier alpha value is -1.82. The smallest absolute Gasteiger partial charge is 0.237 e. The molecule has 48 valence electrons. The van der Waals surface area contributed by atoms with Gasteiger partial charge in [0, 0.05) is 0 Å². The summed E-state index contributed by atoms with van der Waals surface area (Å²) in [7, 11) is 0. The molecule has 8 nitrogen and oxygen atoms in total. The highest BCUT2D eigenvalue weighted by Gasteiger charge is 1.77. The van der Waals surface area contributed by atoms with Crippen LogP contribution < -0.4 is 5.73 Å². The van der Waals surface area contributed by atoms with Gasteiger partial charge in [0.15, 0.2) is 0 Å². The van der Waals surface area contributed by atoms with E-state index in [1.54, 1.807) is 4.91 Å². The Balaban J connectivity index is 0.000000187. The van der Waals surface area contributed by atoms with Crippen LogP contribution in [0.3, 0.4) is 0 Å². The highest BCUT2D eigenvalue weighted by molar-refractivity contribution is 5.05. The van der Waals surface area contributed by atoms with Crippen molar-refractivity contribution in [2.75, 3.05) is 5.73 Å². The third-order valence-corrected chi connectivity index (χ3v) is 0.362. The second-order valence-corrected chi connectivity index (χ2v) is 0.886. The summed E-state index contributed by atoms with van der Waals surface area (Å²) in [6, 6.07) is 0. The molecule has 4 N–H and O–H groups in total. The maximum absolute atomic E-state index is 6.86. The van der Waals surface area contributed by atoms with E-state index in [0.29, 0.717) is 0 Å². The number of hydrogen-bond acceptors (Lipinski definition) is 5. The number of aromatic nitrogens is 4. The van der Waals surface area contributed by atoms with E-state index in [-0.39, 0.29) is 5.95 Å². The summed E-state index contributed by atoms with van der Waals surface area (Å²) >= 11 is 0. The van der Waals surface area contributed by atoms with Crippen LogP contribution in [0.4, 0.5) is 5.95 Å². The monoisotopic (exact) mass is 128 g/mol. The maximum Gasteiger partial charge on any atom is 0.237 e. The number of nitrogen functional groups attached to an aromatic ring is 1. The molecular formula is CH4N8. The zero-order valence-corrected chi connectivity index (χ0v) is 4.31. The molecule has 1 aromatic rings. The first-order valence-electron chi connectivity index (χ1n) is 1.81. The van der Waals surface area contributed by atoms with E-state index in [9.17, 15) is 0 Å². The zero-order chi connectivity index (χ0) is 7.11. The lowest BCUT2D eigenvalue weighted by Crippen LogP contribution is -1.84. The molecule has 0 spiro atoms. The minimum atomic E-state index is 0.245. The number of hydrogen-bond donors (Lipinski definition) is 3. The fourth-order valence-corrected chi connectivity index (χ4v) is 0.166. The SMILES string of the molecule is Nc1nnn[nH]1.[N-]=[N+]=N. The Kier molecular flexibility index (Phi) is 3.46. The molecule has 1 rings (SSSR count). The van der Waals surface area contributed by atoms with Crippen molar-refractivity contribution >= 4 is 5.95 Å². The molecule has 0 atom stereocenters. The third kappa shape index (κ3) is 4.02. The average Bonchev–Trinajstić information content (AvgIpc) is 2.20. The first-order chi connectivity index (χ1) is 4.31. The quantitative estimate of drug-likeness (QED) is 0.249. The van der Waals surface area contributed by atoms with Gasteiger partial charge in [-0.15, -0.1) is 5.53 Å². The van der Waals surface area contributed by atoms with Crippen molar-refractivity contribution in [3.63, 3.8) is 0 Å². The Bertz CT molecular complexity index is 166. The van der Waals surface area contributed by atoms with E-state index in [4.69, 9.17) is 16.8 Å². The average molecular weight is 128 g/mol. The van der Waals surface area contributed by atoms with Gasteiger partial charge >= 0.3 is 0 Å². The summed E-state index contributed by atoms with van der Waals surface area (Å²) in [5, 5.41) is 11.9. The van der Waals surface area contributed by atoms with Crippen LogP contribution in [0.1, 0.15) is 0 Å². The number of anilines is 1. The van der Waals surface area contributed by atoms with E-state index < -0.39 is 0 Å². The summed E-state index contributed by atoms with van der Waals surface area (Å²) in [5.41, 5.74) is 17.2. The van der Waals surface area contributed by atoms with Gasteiger partial charge < -0.3 is 5.73 Å². The van der Waals surface area contributed by atoms with Gasteiger partial charge in [-0.25, -0.2) is 5.10 Å². The lowest BCUT2D eigenvalue weighted by atomic mass is 11.2. The number of nitrogens with two attached hydrogens (primary N) is 1. The number of tetrazole rings is 1. The molecule has 0 aliphatic rings. The van der Waals surface area contributed by atoms with Crippen LogP contribution in [0.25, 0.3) is 10.4 Å². The first-order valence-corrected chi connectivity index (χ1v) is 1.81. The van der Waals surface area contributed by atoms with Crippen LogP contribution in [0.2, 0.25) is 0 Å². The van der Waals surface area contributed by atoms with Crippen LogP contribution in [0, 0.1) is 5.53 Å². The largest absolute Gasteiger partial charge is 0.367 e. The highest BCUT2D eigenvalue weighted by atomic mass is 15.5.